The molecule has 1 saturated heterocycles. The van der Waals surface area contributed by atoms with Gasteiger partial charge in [0.2, 0.25) is 0 Å². The quantitative estimate of drug-likeness (QED) is 0.711. The number of hydrogen-bond donors (Lipinski definition) is 0. The van der Waals surface area contributed by atoms with Crippen molar-refractivity contribution in [2.24, 2.45) is 0 Å². The summed E-state index contributed by atoms with van der Waals surface area (Å²) >= 11 is 1.00. The Morgan fingerprint density at radius 2 is 1.60 bits per heavy atom. The third kappa shape index (κ3) is 4.02. The molecule has 0 spiro atoms. The van der Waals surface area contributed by atoms with Crippen molar-refractivity contribution in [1.82, 2.24) is 4.90 Å². The number of hydrogen-bond acceptors (Lipinski definition) is 3. The van der Waals surface area contributed by atoms with Gasteiger partial charge in [0.05, 0.1) is 11.4 Å². The van der Waals surface area contributed by atoms with E-state index in [9.17, 15) is 9.59 Å². The predicted molar refractivity (Wildman–Crippen MR) is 103 cm³/mol. The third-order valence-corrected chi connectivity index (χ3v) is 5.04. The number of carbonyl (C=O) groups is 2. The van der Waals surface area contributed by atoms with Crippen LogP contribution in [0, 0.1) is 0 Å². The van der Waals surface area contributed by atoms with Crippen LogP contribution >= 0.6 is 11.8 Å². The van der Waals surface area contributed by atoms with Crippen molar-refractivity contribution in [2.45, 2.75) is 32.7 Å². The summed E-state index contributed by atoms with van der Waals surface area (Å²) in [5.41, 5.74) is 3.19. The van der Waals surface area contributed by atoms with Gasteiger partial charge in [0.25, 0.3) is 11.1 Å². The monoisotopic (exact) mass is 351 g/mol. The zero-order valence-corrected chi connectivity index (χ0v) is 15.5. The Morgan fingerprint density at radius 3 is 2.20 bits per heavy atom. The van der Waals surface area contributed by atoms with E-state index in [1.54, 1.807) is 6.08 Å². The summed E-state index contributed by atoms with van der Waals surface area (Å²) in [5, 5.41) is -0.216. The molecule has 25 heavy (non-hydrogen) atoms. The van der Waals surface area contributed by atoms with E-state index >= 15 is 0 Å². The Hall–Kier alpha value is -2.33. The summed E-state index contributed by atoms with van der Waals surface area (Å²) in [6, 6.07) is 17.7. The largest absolute Gasteiger partial charge is 0.293 e. The van der Waals surface area contributed by atoms with Gasteiger partial charge in [-0.25, -0.2) is 0 Å². The molecule has 0 radical (unpaired) electrons. The molecule has 0 aliphatic carbocycles. The van der Waals surface area contributed by atoms with Crippen LogP contribution in [0.15, 0.2) is 59.5 Å². The second-order valence-corrected chi connectivity index (χ2v) is 8.12. The highest BCUT2D eigenvalue weighted by molar-refractivity contribution is 8.18. The zero-order chi connectivity index (χ0) is 18.0. The maximum Gasteiger partial charge on any atom is 0.293 e. The highest BCUT2D eigenvalue weighted by Gasteiger charge is 2.34. The van der Waals surface area contributed by atoms with E-state index in [1.807, 2.05) is 42.5 Å². The average molecular weight is 351 g/mol. The van der Waals surface area contributed by atoms with E-state index in [0.717, 1.165) is 22.9 Å². The first-order chi connectivity index (χ1) is 11.8. The fourth-order valence-electron chi connectivity index (χ4n) is 2.63. The number of amides is 2. The van der Waals surface area contributed by atoms with Crippen LogP contribution < -0.4 is 0 Å². The standard InChI is InChI=1S/C21H21NO2S/c1-21(2,3)17-11-9-16(10-12-17)14-22-19(23)18(25-20(22)24)13-15-7-5-4-6-8-15/h4-13H,14H2,1-3H3/b18-13-. The Bertz CT molecular complexity index is 817. The van der Waals surface area contributed by atoms with Gasteiger partial charge in [0, 0.05) is 0 Å². The van der Waals surface area contributed by atoms with Crippen LogP contribution in [0.2, 0.25) is 0 Å². The lowest BCUT2D eigenvalue weighted by atomic mass is 9.87. The molecule has 4 heteroatoms. The van der Waals surface area contributed by atoms with Gasteiger partial charge in [0.15, 0.2) is 0 Å². The Kier molecular flexibility index (Phi) is 4.82. The maximum atomic E-state index is 12.6. The summed E-state index contributed by atoms with van der Waals surface area (Å²) in [5.74, 6) is -0.223. The van der Waals surface area contributed by atoms with E-state index in [1.165, 1.54) is 10.5 Å². The van der Waals surface area contributed by atoms with Gasteiger partial charge >= 0.3 is 0 Å². The van der Waals surface area contributed by atoms with Crippen LogP contribution in [0.1, 0.15) is 37.5 Å². The smallest absolute Gasteiger partial charge is 0.268 e. The molecule has 2 aromatic carbocycles. The van der Waals surface area contributed by atoms with Crippen LogP contribution in [0.4, 0.5) is 4.79 Å². The number of thioether (sulfide) groups is 1. The van der Waals surface area contributed by atoms with Crippen LogP contribution in [-0.2, 0) is 16.8 Å². The van der Waals surface area contributed by atoms with Gasteiger partial charge in [-0.1, -0.05) is 75.4 Å². The van der Waals surface area contributed by atoms with E-state index in [0.29, 0.717) is 11.4 Å². The van der Waals surface area contributed by atoms with Crippen LogP contribution in [-0.4, -0.2) is 16.0 Å². The van der Waals surface area contributed by atoms with Gasteiger partial charge in [-0.05, 0) is 39.9 Å². The SMILES string of the molecule is CC(C)(C)c1ccc(CN2C(=O)S/C(=C\c3ccccc3)C2=O)cc1. The molecule has 1 fully saturated rings. The first-order valence-corrected chi connectivity index (χ1v) is 9.06. The average Bonchev–Trinajstić information content (AvgIpc) is 2.83. The third-order valence-electron chi connectivity index (χ3n) is 4.13. The Labute approximate surface area is 152 Å². The molecule has 1 aliphatic heterocycles. The van der Waals surface area contributed by atoms with Gasteiger partial charge in [0.1, 0.15) is 0 Å². The number of benzene rings is 2. The number of nitrogens with zero attached hydrogens (tertiary/aromatic N) is 1. The lowest BCUT2D eigenvalue weighted by molar-refractivity contribution is -0.123. The minimum absolute atomic E-state index is 0.0826. The molecule has 1 aliphatic rings. The lowest BCUT2D eigenvalue weighted by Gasteiger charge is -2.20. The molecule has 0 aromatic heterocycles. The molecule has 0 saturated carbocycles. The fourth-order valence-corrected chi connectivity index (χ4v) is 3.47. The van der Waals surface area contributed by atoms with E-state index in [2.05, 4.69) is 32.9 Å². The molecule has 0 unspecified atom stereocenters. The number of imide groups is 1. The molecule has 0 bridgehead atoms. The lowest BCUT2D eigenvalue weighted by Crippen LogP contribution is -2.27. The first kappa shape index (κ1) is 17.5. The van der Waals surface area contributed by atoms with Crippen LogP contribution in [0.3, 0.4) is 0 Å². The first-order valence-electron chi connectivity index (χ1n) is 8.24. The summed E-state index contributed by atoms with van der Waals surface area (Å²) in [6.07, 6.45) is 1.77. The highest BCUT2D eigenvalue weighted by atomic mass is 32.2. The van der Waals surface area contributed by atoms with Crippen molar-refractivity contribution < 1.29 is 9.59 Å². The van der Waals surface area contributed by atoms with Crippen LogP contribution in [0.5, 0.6) is 0 Å². The van der Waals surface area contributed by atoms with Gasteiger partial charge in [-0.15, -0.1) is 0 Å². The molecule has 2 aromatic rings. The maximum absolute atomic E-state index is 12.6. The second-order valence-electron chi connectivity index (χ2n) is 7.13. The van der Waals surface area contributed by atoms with E-state index in [4.69, 9.17) is 0 Å². The zero-order valence-electron chi connectivity index (χ0n) is 14.7. The molecular weight excluding hydrogens is 330 g/mol. The van der Waals surface area contributed by atoms with Gasteiger partial charge in [-0.2, -0.15) is 0 Å². The van der Waals surface area contributed by atoms with Crippen LogP contribution in [0.25, 0.3) is 6.08 Å². The summed E-state index contributed by atoms with van der Waals surface area (Å²) in [6.45, 7) is 6.79. The van der Waals surface area contributed by atoms with Crippen molar-refractivity contribution >= 4 is 29.0 Å². The Balaban J connectivity index is 1.76. The number of rotatable bonds is 3. The minimum atomic E-state index is -0.223. The van der Waals surface area contributed by atoms with Gasteiger partial charge < -0.3 is 0 Å². The molecular formula is C21H21NO2S. The van der Waals surface area contributed by atoms with Crippen molar-refractivity contribution in [3.63, 3.8) is 0 Å². The van der Waals surface area contributed by atoms with Crippen molar-refractivity contribution in [3.8, 4) is 0 Å². The van der Waals surface area contributed by atoms with Crippen molar-refractivity contribution in [3.05, 3.63) is 76.2 Å². The van der Waals surface area contributed by atoms with Gasteiger partial charge in [-0.3, -0.25) is 14.5 Å². The van der Waals surface area contributed by atoms with Crippen molar-refractivity contribution in [1.29, 1.82) is 0 Å². The predicted octanol–water partition coefficient (Wildman–Crippen LogP) is 5.22. The molecule has 0 atom stereocenters. The molecule has 2 amide bonds. The molecule has 1 heterocycles. The second kappa shape index (κ2) is 6.89. The van der Waals surface area contributed by atoms with Crippen molar-refractivity contribution in [2.75, 3.05) is 0 Å². The topological polar surface area (TPSA) is 37.4 Å². The molecule has 0 N–H and O–H groups in total. The summed E-state index contributed by atoms with van der Waals surface area (Å²) < 4.78 is 0. The number of carbonyl (C=O) groups excluding carboxylic acids is 2. The molecule has 128 valence electrons. The minimum Gasteiger partial charge on any atom is -0.268 e. The normalized spacial score (nSPS) is 16.8. The fraction of sp³-hybridized carbons (Fsp3) is 0.238. The Morgan fingerprint density at radius 1 is 0.960 bits per heavy atom. The van der Waals surface area contributed by atoms with E-state index < -0.39 is 0 Å². The summed E-state index contributed by atoms with van der Waals surface area (Å²) in [4.78, 5) is 26.6. The highest BCUT2D eigenvalue weighted by Crippen LogP contribution is 2.33. The summed E-state index contributed by atoms with van der Waals surface area (Å²) in [7, 11) is 0. The molecule has 3 rings (SSSR count). The molecule has 3 nitrogen and oxygen atoms in total. The van der Waals surface area contributed by atoms with E-state index in [-0.39, 0.29) is 16.6 Å².